The summed E-state index contributed by atoms with van der Waals surface area (Å²) in [5, 5.41) is 4.43. The van der Waals surface area contributed by atoms with Gasteiger partial charge in [-0.25, -0.2) is 13.4 Å². The van der Waals surface area contributed by atoms with Gasteiger partial charge in [0.15, 0.2) is 10.7 Å². The van der Waals surface area contributed by atoms with Crippen LogP contribution in [0.25, 0.3) is 5.65 Å². The van der Waals surface area contributed by atoms with Crippen LogP contribution in [0.15, 0.2) is 52.4 Å². The van der Waals surface area contributed by atoms with E-state index in [0.717, 1.165) is 37.7 Å². The number of sulfone groups is 1. The molecule has 1 fully saturated rings. The van der Waals surface area contributed by atoms with E-state index in [4.69, 9.17) is 0 Å². The summed E-state index contributed by atoms with van der Waals surface area (Å²) < 4.78 is 27.4. The average molecular weight is 371 g/mol. The van der Waals surface area contributed by atoms with Crippen molar-refractivity contribution in [3.05, 3.63) is 48.2 Å². The molecule has 1 aliphatic rings. The van der Waals surface area contributed by atoms with Crippen LogP contribution in [0, 0.1) is 6.92 Å². The number of hydrogen-bond donors (Lipinski definition) is 0. The Morgan fingerprint density at radius 2 is 1.69 bits per heavy atom. The standard InChI is InChI=1S/C18H21N5O2S/c1-14-12-18(22-10-8-21(2)9-11-22)23-16(19-14)13-17(20-23)26(24,25)15-6-4-3-5-7-15/h3-7,12-13H,8-11H2,1-2H3. The van der Waals surface area contributed by atoms with Gasteiger partial charge in [-0.3, -0.25) is 0 Å². The lowest BCUT2D eigenvalue weighted by Gasteiger charge is -2.33. The van der Waals surface area contributed by atoms with Gasteiger partial charge >= 0.3 is 0 Å². The zero-order valence-electron chi connectivity index (χ0n) is 14.8. The van der Waals surface area contributed by atoms with Crippen LogP contribution in [0.2, 0.25) is 0 Å². The number of piperazine rings is 1. The second-order valence-electron chi connectivity index (χ2n) is 6.62. The van der Waals surface area contributed by atoms with Gasteiger partial charge in [-0.05, 0) is 26.1 Å². The maximum absolute atomic E-state index is 12.9. The van der Waals surface area contributed by atoms with Gasteiger partial charge in [0.2, 0.25) is 9.84 Å². The normalized spacial score (nSPS) is 16.3. The zero-order valence-corrected chi connectivity index (χ0v) is 15.6. The van der Waals surface area contributed by atoms with Crippen molar-refractivity contribution in [2.24, 2.45) is 0 Å². The molecule has 0 amide bonds. The highest BCUT2D eigenvalue weighted by molar-refractivity contribution is 7.91. The molecule has 8 heteroatoms. The highest BCUT2D eigenvalue weighted by Crippen LogP contribution is 2.24. The summed E-state index contributed by atoms with van der Waals surface area (Å²) in [5.41, 5.74) is 1.39. The Morgan fingerprint density at radius 3 is 2.38 bits per heavy atom. The van der Waals surface area contributed by atoms with Gasteiger partial charge in [0.25, 0.3) is 0 Å². The van der Waals surface area contributed by atoms with E-state index in [0.29, 0.717) is 5.65 Å². The highest BCUT2D eigenvalue weighted by atomic mass is 32.2. The molecule has 0 spiro atoms. The summed E-state index contributed by atoms with van der Waals surface area (Å²) in [5.74, 6) is 0.884. The van der Waals surface area contributed by atoms with E-state index in [9.17, 15) is 8.42 Å². The van der Waals surface area contributed by atoms with Gasteiger partial charge < -0.3 is 9.80 Å². The Hall–Kier alpha value is -2.45. The van der Waals surface area contributed by atoms with Crippen molar-refractivity contribution in [3.8, 4) is 0 Å². The van der Waals surface area contributed by atoms with Gasteiger partial charge in [0.1, 0.15) is 5.82 Å². The minimum absolute atomic E-state index is 0.0252. The maximum atomic E-state index is 12.9. The Balaban J connectivity index is 1.82. The van der Waals surface area contributed by atoms with E-state index in [1.165, 1.54) is 0 Å². The van der Waals surface area contributed by atoms with Crippen LogP contribution in [-0.4, -0.2) is 61.1 Å². The molecule has 4 rings (SSSR count). The van der Waals surface area contributed by atoms with Crippen molar-refractivity contribution in [1.82, 2.24) is 19.5 Å². The lowest BCUT2D eigenvalue weighted by atomic mass is 10.3. The number of aryl methyl sites for hydroxylation is 1. The molecule has 0 N–H and O–H groups in total. The number of anilines is 1. The first-order valence-electron chi connectivity index (χ1n) is 8.56. The van der Waals surface area contributed by atoms with Crippen molar-refractivity contribution < 1.29 is 8.42 Å². The molecular formula is C18H21N5O2S. The Kier molecular flexibility index (Phi) is 4.16. The van der Waals surface area contributed by atoms with Crippen molar-refractivity contribution in [1.29, 1.82) is 0 Å². The minimum Gasteiger partial charge on any atom is -0.354 e. The van der Waals surface area contributed by atoms with Crippen LogP contribution in [0.3, 0.4) is 0 Å². The molecule has 0 radical (unpaired) electrons. The van der Waals surface area contributed by atoms with Crippen LogP contribution in [0.1, 0.15) is 5.69 Å². The number of hydrogen-bond acceptors (Lipinski definition) is 6. The number of likely N-dealkylation sites (N-methyl/N-ethyl adjacent to an activating group) is 1. The second kappa shape index (κ2) is 6.37. The summed E-state index contributed by atoms with van der Waals surface area (Å²) in [4.78, 5) is 9.21. The molecule has 2 aromatic heterocycles. The molecule has 1 saturated heterocycles. The van der Waals surface area contributed by atoms with Crippen molar-refractivity contribution in [3.63, 3.8) is 0 Å². The van der Waals surface area contributed by atoms with E-state index in [2.05, 4.69) is 26.9 Å². The van der Waals surface area contributed by atoms with Crippen molar-refractivity contribution in [2.75, 3.05) is 38.1 Å². The average Bonchev–Trinajstić information content (AvgIpc) is 3.07. The van der Waals surface area contributed by atoms with E-state index >= 15 is 0 Å². The van der Waals surface area contributed by atoms with Crippen LogP contribution in [-0.2, 0) is 9.84 Å². The van der Waals surface area contributed by atoms with E-state index in [-0.39, 0.29) is 9.92 Å². The third-order valence-electron chi connectivity index (χ3n) is 4.67. The summed E-state index contributed by atoms with van der Waals surface area (Å²) in [6.07, 6.45) is 0. The number of rotatable bonds is 3. The molecule has 0 aliphatic carbocycles. The quantitative estimate of drug-likeness (QED) is 0.697. The highest BCUT2D eigenvalue weighted by Gasteiger charge is 2.24. The first kappa shape index (κ1) is 17.0. The van der Waals surface area contributed by atoms with Crippen molar-refractivity contribution in [2.45, 2.75) is 16.8 Å². The molecule has 7 nitrogen and oxygen atoms in total. The summed E-state index contributed by atoms with van der Waals surface area (Å²) in [7, 11) is -1.57. The van der Waals surface area contributed by atoms with Crippen molar-refractivity contribution >= 4 is 21.3 Å². The van der Waals surface area contributed by atoms with Gasteiger partial charge in [0, 0.05) is 44.0 Å². The zero-order chi connectivity index (χ0) is 18.3. The van der Waals surface area contributed by atoms with Gasteiger partial charge in [-0.1, -0.05) is 18.2 Å². The summed E-state index contributed by atoms with van der Waals surface area (Å²) in [6, 6.07) is 11.9. The minimum atomic E-state index is -3.67. The molecule has 26 heavy (non-hydrogen) atoms. The molecule has 136 valence electrons. The summed E-state index contributed by atoms with van der Waals surface area (Å²) in [6.45, 7) is 5.57. The van der Waals surface area contributed by atoms with E-state index in [1.807, 2.05) is 13.0 Å². The molecule has 1 aromatic carbocycles. The number of aromatic nitrogens is 3. The molecule has 0 bridgehead atoms. The largest absolute Gasteiger partial charge is 0.354 e. The topological polar surface area (TPSA) is 70.8 Å². The second-order valence-corrected chi connectivity index (χ2v) is 8.51. The third kappa shape index (κ3) is 2.95. The van der Waals surface area contributed by atoms with E-state index < -0.39 is 9.84 Å². The number of benzene rings is 1. The molecule has 3 heterocycles. The SMILES string of the molecule is Cc1cc(N2CCN(C)CC2)n2nc(S(=O)(=O)c3ccccc3)cc2n1. The van der Waals surface area contributed by atoms with Gasteiger partial charge in [0.05, 0.1) is 4.90 Å². The fraction of sp³-hybridized carbons (Fsp3) is 0.333. The Bertz CT molecular complexity index is 1040. The first-order valence-corrected chi connectivity index (χ1v) is 10.0. The van der Waals surface area contributed by atoms with Crippen LogP contribution < -0.4 is 4.90 Å². The molecule has 0 saturated carbocycles. The molecule has 0 unspecified atom stereocenters. The third-order valence-corrected chi connectivity index (χ3v) is 6.31. The van der Waals surface area contributed by atoms with Gasteiger partial charge in [-0.2, -0.15) is 9.61 Å². The summed E-state index contributed by atoms with van der Waals surface area (Å²) >= 11 is 0. The lowest BCUT2D eigenvalue weighted by molar-refractivity contribution is 0.311. The van der Waals surface area contributed by atoms with Crippen LogP contribution in [0.4, 0.5) is 5.82 Å². The Morgan fingerprint density at radius 1 is 1.00 bits per heavy atom. The fourth-order valence-electron chi connectivity index (χ4n) is 3.17. The molecule has 1 aliphatic heterocycles. The van der Waals surface area contributed by atoms with E-state index in [1.54, 1.807) is 40.9 Å². The predicted molar refractivity (Wildman–Crippen MR) is 99.3 cm³/mol. The number of nitrogens with zero attached hydrogens (tertiary/aromatic N) is 5. The van der Waals surface area contributed by atoms with Gasteiger partial charge in [-0.15, -0.1) is 0 Å². The molecule has 0 atom stereocenters. The van der Waals surface area contributed by atoms with Crippen LogP contribution >= 0.6 is 0 Å². The predicted octanol–water partition coefficient (Wildman–Crippen LogP) is 1.62. The number of fused-ring (bicyclic) bond motifs is 1. The smallest absolute Gasteiger partial charge is 0.225 e. The monoisotopic (exact) mass is 371 g/mol. The molecular weight excluding hydrogens is 350 g/mol. The Labute approximate surface area is 152 Å². The lowest BCUT2D eigenvalue weighted by Crippen LogP contribution is -2.45. The fourth-order valence-corrected chi connectivity index (χ4v) is 4.38. The first-order chi connectivity index (χ1) is 12.4. The molecule has 3 aromatic rings. The maximum Gasteiger partial charge on any atom is 0.225 e. The van der Waals surface area contributed by atoms with Crippen LogP contribution in [0.5, 0.6) is 0 Å².